The molecule has 1 saturated heterocycles. The maximum atomic E-state index is 11.4. The van der Waals surface area contributed by atoms with E-state index < -0.39 is 18.6 Å². The standard InChI is InChI=1S/C11H24BN3O4/c1-8(13)5-15-6-9(3-2-4-12(18)19)11(14,7-15)10(16)17/h8-9,18-19H,2-7,13-14H2,1H3,(H,16,17)/t8-,9+,11+/m1/s1. The second-order valence-electron chi connectivity index (χ2n) is 5.63. The molecular formula is C11H24BN3O4. The number of hydrogen-bond donors (Lipinski definition) is 5. The van der Waals surface area contributed by atoms with Crippen LogP contribution in [-0.4, -0.2) is 64.4 Å². The Bertz CT molecular complexity index is 316. The first kappa shape index (κ1) is 16.4. The maximum absolute atomic E-state index is 11.4. The van der Waals surface area contributed by atoms with Gasteiger partial charge < -0.3 is 26.6 Å². The van der Waals surface area contributed by atoms with E-state index in [4.69, 9.17) is 21.5 Å². The van der Waals surface area contributed by atoms with Gasteiger partial charge in [0.25, 0.3) is 0 Å². The summed E-state index contributed by atoms with van der Waals surface area (Å²) in [5.74, 6) is -1.20. The van der Waals surface area contributed by atoms with Gasteiger partial charge in [0.15, 0.2) is 0 Å². The van der Waals surface area contributed by atoms with E-state index in [1.807, 2.05) is 11.8 Å². The van der Waals surface area contributed by atoms with Crippen molar-refractivity contribution in [3.05, 3.63) is 0 Å². The first-order chi connectivity index (χ1) is 8.75. The lowest BCUT2D eigenvalue weighted by molar-refractivity contribution is -0.144. The smallest absolute Gasteiger partial charge is 0.451 e. The van der Waals surface area contributed by atoms with Crippen LogP contribution in [0.15, 0.2) is 0 Å². The van der Waals surface area contributed by atoms with Crippen molar-refractivity contribution in [1.82, 2.24) is 4.90 Å². The highest BCUT2D eigenvalue weighted by molar-refractivity contribution is 6.40. The molecule has 110 valence electrons. The van der Waals surface area contributed by atoms with Gasteiger partial charge >= 0.3 is 13.1 Å². The Morgan fingerprint density at radius 1 is 1.58 bits per heavy atom. The molecule has 0 unspecified atom stereocenters. The van der Waals surface area contributed by atoms with E-state index in [1.54, 1.807) is 0 Å². The fraction of sp³-hybridized carbons (Fsp3) is 0.909. The van der Waals surface area contributed by atoms with Crippen molar-refractivity contribution in [2.45, 2.75) is 37.7 Å². The van der Waals surface area contributed by atoms with Gasteiger partial charge in [0.1, 0.15) is 5.54 Å². The molecule has 0 aliphatic carbocycles. The lowest BCUT2D eigenvalue weighted by Crippen LogP contribution is -2.55. The number of carboxylic acids is 1. The monoisotopic (exact) mass is 273 g/mol. The third-order valence-electron chi connectivity index (χ3n) is 3.65. The fourth-order valence-electron chi connectivity index (χ4n) is 2.72. The predicted molar refractivity (Wildman–Crippen MR) is 72.4 cm³/mol. The van der Waals surface area contributed by atoms with Crippen LogP contribution < -0.4 is 11.5 Å². The van der Waals surface area contributed by atoms with Crippen LogP contribution in [0, 0.1) is 5.92 Å². The summed E-state index contributed by atoms with van der Waals surface area (Å²) in [6.07, 6.45) is 1.34. The second-order valence-corrected chi connectivity index (χ2v) is 5.63. The summed E-state index contributed by atoms with van der Waals surface area (Å²) < 4.78 is 0. The molecule has 1 aliphatic rings. The van der Waals surface area contributed by atoms with Crippen molar-refractivity contribution in [3.63, 3.8) is 0 Å². The molecular weight excluding hydrogens is 249 g/mol. The van der Waals surface area contributed by atoms with Crippen molar-refractivity contribution in [2.24, 2.45) is 17.4 Å². The van der Waals surface area contributed by atoms with Crippen LogP contribution in [0.3, 0.4) is 0 Å². The summed E-state index contributed by atoms with van der Waals surface area (Å²) >= 11 is 0. The van der Waals surface area contributed by atoms with Gasteiger partial charge in [-0.2, -0.15) is 0 Å². The van der Waals surface area contributed by atoms with Crippen molar-refractivity contribution in [1.29, 1.82) is 0 Å². The highest BCUT2D eigenvalue weighted by Crippen LogP contribution is 2.30. The normalized spacial score (nSPS) is 29.4. The molecule has 1 rings (SSSR count). The zero-order chi connectivity index (χ0) is 14.6. The quantitative estimate of drug-likeness (QED) is 0.349. The van der Waals surface area contributed by atoms with Gasteiger partial charge in [-0.1, -0.05) is 6.42 Å². The molecule has 1 fully saturated rings. The molecule has 0 aromatic heterocycles. The first-order valence-corrected chi connectivity index (χ1v) is 6.62. The molecule has 8 heteroatoms. The number of carbonyl (C=O) groups is 1. The van der Waals surface area contributed by atoms with Crippen LogP contribution in [0.25, 0.3) is 0 Å². The Morgan fingerprint density at radius 2 is 2.21 bits per heavy atom. The van der Waals surface area contributed by atoms with Crippen molar-refractivity contribution in [2.75, 3.05) is 19.6 Å². The van der Waals surface area contributed by atoms with Gasteiger partial charge in [0, 0.05) is 31.6 Å². The van der Waals surface area contributed by atoms with E-state index >= 15 is 0 Å². The molecule has 1 aliphatic heterocycles. The van der Waals surface area contributed by atoms with Crippen LogP contribution in [-0.2, 0) is 4.79 Å². The summed E-state index contributed by atoms with van der Waals surface area (Å²) in [5.41, 5.74) is 10.5. The number of rotatable bonds is 7. The molecule has 1 heterocycles. The minimum atomic E-state index is -1.35. The van der Waals surface area contributed by atoms with Gasteiger partial charge in [-0.25, -0.2) is 0 Å². The van der Waals surface area contributed by atoms with Crippen LogP contribution >= 0.6 is 0 Å². The SMILES string of the molecule is C[C@@H](N)CN1C[C@H](CCCB(O)O)[C@](N)(C(=O)O)C1. The highest BCUT2D eigenvalue weighted by atomic mass is 16.4. The number of carboxylic acid groups (broad SMARTS) is 1. The number of nitrogens with zero attached hydrogens (tertiary/aromatic N) is 1. The molecule has 7 nitrogen and oxygen atoms in total. The van der Waals surface area contributed by atoms with Crippen molar-refractivity contribution < 1.29 is 19.9 Å². The number of aliphatic carboxylic acids is 1. The van der Waals surface area contributed by atoms with Gasteiger partial charge in [-0.05, 0) is 19.7 Å². The third-order valence-corrected chi connectivity index (χ3v) is 3.65. The molecule has 0 spiro atoms. The Kier molecular flexibility index (Phi) is 5.75. The topological polar surface area (TPSA) is 133 Å². The Hall–Kier alpha value is -0.665. The fourth-order valence-corrected chi connectivity index (χ4v) is 2.72. The summed E-state index contributed by atoms with van der Waals surface area (Å²) in [5, 5.41) is 27.0. The molecule has 0 aromatic rings. The third kappa shape index (κ3) is 4.43. The zero-order valence-electron chi connectivity index (χ0n) is 11.3. The summed E-state index contributed by atoms with van der Waals surface area (Å²) in [4.78, 5) is 13.4. The van der Waals surface area contributed by atoms with Gasteiger partial charge in [0.2, 0.25) is 0 Å². The lowest BCUT2D eigenvalue weighted by atomic mass is 9.78. The number of nitrogens with two attached hydrogens (primary N) is 2. The summed E-state index contributed by atoms with van der Waals surface area (Å²) in [6, 6.07) is -0.0314. The van der Waals surface area contributed by atoms with E-state index in [9.17, 15) is 9.90 Å². The lowest BCUT2D eigenvalue weighted by Gasteiger charge is -2.25. The molecule has 0 aromatic carbocycles. The van der Waals surface area contributed by atoms with E-state index in [2.05, 4.69) is 0 Å². The van der Waals surface area contributed by atoms with Gasteiger partial charge in [0.05, 0.1) is 0 Å². The Balaban J connectivity index is 2.62. The van der Waals surface area contributed by atoms with Crippen LogP contribution in [0.5, 0.6) is 0 Å². The second kappa shape index (κ2) is 6.67. The van der Waals surface area contributed by atoms with Crippen molar-refractivity contribution in [3.8, 4) is 0 Å². The Labute approximate surface area is 113 Å². The molecule has 19 heavy (non-hydrogen) atoms. The summed E-state index contributed by atoms with van der Waals surface area (Å²) in [6.45, 7) is 3.36. The van der Waals surface area contributed by atoms with E-state index in [0.717, 1.165) is 0 Å². The highest BCUT2D eigenvalue weighted by Gasteiger charge is 2.49. The largest absolute Gasteiger partial charge is 0.480 e. The zero-order valence-corrected chi connectivity index (χ0v) is 11.3. The van der Waals surface area contributed by atoms with E-state index in [-0.39, 0.29) is 24.8 Å². The molecule has 7 N–H and O–H groups in total. The van der Waals surface area contributed by atoms with Crippen molar-refractivity contribution >= 4 is 13.1 Å². The molecule has 0 bridgehead atoms. The number of hydrogen-bond acceptors (Lipinski definition) is 6. The average Bonchev–Trinajstić information content (AvgIpc) is 2.55. The number of likely N-dealkylation sites (tertiary alicyclic amines) is 1. The van der Waals surface area contributed by atoms with Crippen LogP contribution in [0.4, 0.5) is 0 Å². The minimum absolute atomic E-state index is 0.0314. The predicted octanol–water partition coefficient (Wildman–Crippen LogP) is -1.70. The minimum Gasteiger partial charge on any atom is -0.480 e. The molecule has 0 radical (unpaired) electrons. The van der Waals surface area contributed by atoms with Crippen LogP contribution in [0.2, 0.25) is 6.32 Å². The molecule has 3 atom stereocenters. The first-order valence-electron chi connectivity index (χ1n) is 6.62. The van der Waals surface area contributed by atoms with E-state index in [0.29, 0.717) is 25.9 Å². The van der Waals surface area contributed by atoms with E-state index in [1.165, 1.54) is 0 Å². The van der Waals surface area contributed by atoms with Crippen LogP contribution in [0.1, 0.15) is 19.8 Å². The Morgan fingerprint density at radius 3 is 2.68 bits per heavy atom. The van der Waals surface area contributed by atoms with Gasteiger partial charge in [-0.15, -0.1) is 0 Å². The van der Waals surface area contributed by atoms with Gasteiger partial charge in [-0.3, -0.25) is 9.69 Å². The average molecular weight is 273 g/mol. The summed E-state index contributed by atoms with van der Waals surface area (Å²) in [7, 11) is -1.35. The maximum Gasteiger partial charge on any atom is 0.451 e. The molecule has 0 saturated carbocycles. The molecule has 0 amide bonds.